The van der Waals surface area contributed by atoms with Crippen LogP contribution in [0.1, 0.15) is 10.4 Å². The van der Waals surface area contributed by atoms with Gasteiger partial charge in [-0.2, -0.15) is 0 Å². The average Bonchev–Trinajstić information content (AvgIpc) is 2.17. The van der Waals surface area contributed by atoms with Crippen molar-refractivity contribution < 1.29 is 9.59 Å². The van der Waals surface area contributed by atoms with E-state index >= 15 is 0 Å². The number of rotatable bonds is 2. The van der Waals surface area contributed by atoms with Crippen molar-refractivity contribution in [2.75, 3.05) is 0 Å². The van der Waals surface area contributed by atoms with Crippen LogP contribution < -0.4 is 11.5 Å². The van der Waals surface area contributed by atoms with Crippen LogP contribution >= 0.6 is 0 Å². The van der Waals surface area contributed by atoms with Crippen molar-refractivity contribution in [2.24, 2.45) is 11.5 Å². The predicted octanol–water partition coefficient (Wildman–Crippen LogP) is -0.0932. The summed E-state index contributed by atoms with van der Waals surface area (Å²) in [5, 5.41) is 6.06. The van der Waals surface area contributed by atoms with Crippen LogP contribution in [0.15, 0.2) is 30.3 Å². The van der Waals surface area contributed by atoms with Gasteiger partial charge in [0.25, 0.3) is 0 Å². The zero-order chi connectivity index (χ0) is 11.0. The topological polar surface area (TPSA) is 110 Å². The number of aldehydes is 1. The molecule has 5 N–H and O–H groups in total. The highest BCUT2D eigenvalue weighted by molar-refractivity contribution is 6.33. The third kappa shape index (κ3) is 5.48. The first-order chi connectivity index (χ1) is 6.57. The molecule has 0 unspecified atom stereocenters. The van der Waals surface area contributed by atoms with E-state index in [0.717, 1.165) is 0 Å². The number of Topliss-reactive ketones (excluding diaryl/α,β-unsaturated/α-hetero) is 1. The van der Waals surface area contributed by atoms with Crippen molar-refractivity contribution in [3.8, 4) is 0 Å². The number of nitrogens with one attached hydrogen (secondary N) is 1. The molecule has 1 aromatic rings. The Morgan fingerprint density at radius 2 is 1.64 bits per heavy atom. The van der Waals surface area contributed by atoms with Gasteiger partial charge >= 0.3 is 0 Å². The van der Waals surface area contributed by atoms with Gasteiger partial charge in [0.05, 0.1) is 0 Å². The quantitative estimate of drug-likeness (QED) is 0.200. The summed E-state index contributed by atoms with van der Waals surface area (Å²) in [6.07, 6.45) is 0.315. The lowest BCUT2D eigenvalue weighted by molar-refractivity contribution is -0.104. The van der Waals surface area contributed by atoms with Gasteiger partial charge in [-0.15, -0.1) is 0 Å². The largest absolute Gasteiger partial charge is 0.370 e. The number of ketones is 1. The maximum Gasteiger partial charge on any atom is 0.225 e. The molecule has 0 aliphatic rings. The fraction of sp³-hybridized carbons (Fsp3) is 0. The van der Waals surface area contributed by atoms with E-state index in [1.807, 2.05) is 0 Å². The first-order valence-corrected chi connectivity index (χ1v) is 3.72. The van der Waals surface area contributed by atoms with Crippen LogP contribution in [0.3, 0.4) is 0 Å². The molecular weight excluding hydrogens is 182 g/mol. The number of guanidine groups is 1. The molecule has 0 saturated heterocycles. The van der Waals surface area contributed by atoms with Crippen molar-refractivity contribution in [1.29, 1.82) is 5.41 Å². The minimum absolute atomic E-state index is 0.315. The van der Waals surface area contributed by atoms with Crippen molar-refractivity contribution in [1.82, 2.24) is 0 Å². The fourth-order valence-corrected chi connectivity index (χ4v) is 0.670. The molecular formula is C9H11N3O2. The molecule has 0 aliphatic heterocycles. The Hall–Kier alpha value is -2.17. The van der Waals surface area contributed by atoms with Gasteiger partial charge in [0.2, 0.25) is 5.78 Å². The van der Waals surface area contributed by atoms with Crippen LogP contribution in [0.2, 0.25) is 0 Å². The minimum atomic E-state index is -0.472. The summed E-state index contributed by atoms with van der Waals surface area (Å²) in [6, 6.07) is 8.45. The van der Waals surface area contributed by atoms with Gasteiger partial charge in [0.1, 0.15) is 0 Å². The molecule has 0 radical (unpaired) electrons. The molecule has 0 saturated carbocycles. The van der Waals surface area contributed by atoms with Crippen molar-refractivity contribution >= 4 is 18.0 Å². The first-order valence-electron chi connectivity index (χ1n) is 3.72. The lowest BCUT2D eigenvalue weighted by Crippen LogP contribution is -2.20. The van der Waals surface area contributed by atoms with Crippen LogP contribution in [0.25, 0.3) is 0 Å². The SMILES string of the molecule is N=C(N)N.O=CC(=O)c1ccccc1. The summed E-state index contributed by atoms with van der Waals surface area (Å²) >= 11 is 0. The monoisotopic (exact) mass is 193 g/mol. The molecule has 14 heavy (non-hydrogen) atoms. The maximum absolute atomic E-state index is 10.6. The highest BCUT2D eigenvalue weighted by Crippen LogP contribution is 1.96. The van der Waals surface area contributed by atoms with Crippen molar-refractivity contribution in [3.63, 3.8) is 0 Å². The second kappa shape index (κ2) is 6.36. The Morgan fingerprint density at radius 3 is 2.00 bits per heavy atom. The van der Waals surface area contributed by atoms with E-state index in [2.05, 4.69) is 11.5 Å². The number of nitrogens with two attached hydrogens (primary N) is 2. The number of hydrogen-bond donors (Lipinski definition) is 3. The molecule has 5 nitrogen and oxygen atoms in total. The van der Waals surface area contributed by atoms with Crippen LogP contribution in [-0.2, 0) is 4.79 Å². The third-order valence-corrected chi connectivity index (χ3v) is 1.17. The lowest BCUT2D eigenvalue weighted by Gasteiger charge is -1.88. The van der Waals surface area contributed by atoms with E-state index in [1.54, 1.807) is 30.3 Å². The van der Waals surface area contributed by atoms with Gasteiger partial charge in [0, 0.05) is 5.56 Å². The fourth-order valence-electron chi connectivity index (χ4n) is 0.670. The Morgan fingerprint density at radius 1 is 1.21 bits per heavy atom. The molecule has 1 rings (SSSR count). The molecule has 5 heteroatoms. The van der Waals surface area contributed by atoms with E-state index in [-0.39, 0.29) is 5.96 Å². The highest BCUT2D eigenvalue weighted by atomic mass is 16.2. The third-order valence-electron chi connectivity index (χ3n) is 1.17. The smallest absolute Gasteiger partial charge is 0.225 e. The molecule has 1 aromatic carbocycles. The van der Waals surface area contributed by atoms with E-state index in [1.165, 1.54) is 0 Å². The summed E-state index contributed by atoms with van der Waals surface area (Å²) in [7, 11) is 0. The second-order valence-corrected chi connectivity index (χ2v) is 2.30. The Balaban J connectivity index is 0.000000364. The highest BCUT2D eigenvalue weighted by Gasteiger charge is 1.99. The Kier molecular flexibility index (Phi) is 5.37. The van der Waals surface area contributed by atoms with Gasteiger partial charge in [0.15, 0.2) is 12.2 Å². The maximum atomic E-state index is 10.6. The number of hydrogen-bond acceptors (Lipinski definition) is 3. The normalized spacial score (nSPS) is 8.00. The van der Waals surface area contributed by atoms with Gasteiger partial charge in [-0.3, -0.25) is 15.0 Å². The molecule has 0 aromatic heterocycles. The van der Waals surface area contributed by atoms with Gasteiger partial charge in [-0.25, -0.2) is 0 Å². The Labute approximate surface area is 81.2 Å². The molecule has 0 amide bonds. The standard InChI is InChI=1S/C8H6O2.CH5N3/c9-6-8(10)7-4-2-1-3-5-7;2-1(3)4/h1-6H;(H5,2,3,4). The summed E-state index contributed by atoms with van der Waals surface area (Å²) in [5.74, 6) is -0.805. The predicted molar refractivity (Wildman–Crippen MR) is 52.9 cm³/mol. The molecule has 0 heterocycles. The van der Waals surface area contributed by atoms with E-state index in [4.69, 9.17) is 5.41 Å². The molecule has 0 aliphatic carbocycles. The van der Waals surface area contributed by atoms with Crippen molar-refractivity contribution in [3.05, 3.63) is 35.9 Å². The second-order valence-electron chi connectivity index (χ2n) is 2.30. The molecule has 0 atom stereocenters. The summed E-state index contributed by atoms with van der Waals surface area (Å²) in [5.41, 5.74) is 9.39. The zero-order valence-electron chi connectivity index (χ0n) is 7.44. The van der Waals surface area contributed by atoms with Crippen molar-refractivity contribution in [2.45, 2.75) is 0 Å². The number of carbonyl (C=O) groups is 2. The average molecular weight is 193 g/mol. The first kappa shape index (κ1) is 11.8. The summed E-state index contributed by atoms with van der Waals surface area (Å²) in [6.45, 7) is 0. The van der Waals surface area contributed by atoms with E-state index < -0.39 is 5.78 Å². The van der Waals surface area contributed by atoms with E-state index in [0.29, 0.717) is 11.8 Å². The van der Waals surface area contributed by atoms with Gasteiger partial charge < -0.3 is 11.5 Å². The van der Waals surface area contributed by atoms with Crippen LogP contribution in [0, 0.1) is 5.41 Å². The number of carbonyl (C=O) groups excluding carboxylic acids is 2. The number of benzene rings is 1. The summed E-state index contributed by atoms with van der Waals surface area (Å²) < 4.78 is 0. The lowest BCUT2D eigenvalue weighted by atomic mass is 10.1. The molecule has 0 spiro atoms. The van der Waals surface area contributed by atoms with Crippen LogP contribution in [-0.4, -0.2) is 18.0 Å². The molecule has 0 bridgehead atoms. The molecule has 74 valence electrons. The van der Waals surface area contributed by atoms with Crippen LogP contribution in [0.4, 0.5) is 0 Å². The zero-order valence-corrected chi connectivity index (χ0v) is 7.44. The Bertz CT molecular complexity index is 318. The van der Waals surface area contributed by atoms with Gasteiger partial charge in [-0.1, -0.05) is 30.3 Å². The summed E-state index contributed by atoms with van der Waals surface area (Å²) in [4.78, 5) is 20.6. The van der Waals surface area contributed by atoms with Gasteiger partial charge in [-0.05, 0) is 0 Å². The minimum Gasteiger partial charge on any atom is -0.370 e. The van der Waals surface area contributed by atoms with E-state index in [9.17, 15) is 9.59 Å². The molecule has 0 fully saturated rings. The van der Waals surface area contributed by atoms with Crippen LogP contribution in [0.5, 0.6) is 0 Å².